The van der Waals surface area contributed by atoms with Crippen molar-refractivity contribution in [2.75, 3.05) is 0 Å². The van der Waals surface area contributed by atoms with E-state index in [1.807, 2.05) is 17.6 Å². The van der Waals surface area contributed by atoms with Gasteiger partial charge in [-0.3, -0.25) is 4.55 Å². The molecule has 0 aliphatic heterocycles. The highest BCUT2D eigenvalue weighted by Gasteiger charge is 2.13. The lowest BCUT2D eigenvalue weighted by Gasteiger charge is -2.09. The van der Waals surface area contributed by atoms with Gasteiger partial charge in [-0.15, -0.1) is 0 Å². The Morgan fingerprint density at radius 1 is 1.17 bits per heavy atom. The molecule has 5 nitrogen and oxygen atoms in total. The number of benzene rings is 2. The van der Waals surface area contributed by atoms with Gasteiger partial charge in [0.05, 0.1) is 17.6 Å². The van der Waals surface area contributed by atoms with Crippen LogP contribution < -0.4 is 0 Å². The molecule has 0 aliphatic rings. The van der Waals surface area contributed by atoms with Gasteiger partial charge >= 0.3 is 0 Å². The lowest BCUT2D eigenvalue weighted by atomic mass is 10.2. The highest BCUT2D eigenvalue weighted by atomic mass is 35.5. The summed E-state index contributed by atoms with van der Waals surface area (Å²) in [6.07, 6.45) is 0. The fourth-order valence-electron chi connectivity index (χ4n) is 2.63. The average molecular weight is 385 g/mol. The molecule has 0 unspecified atom stereocenters. The average Bonchev–Trinajstić information content (AvgIpc) is 2.76. The van der Waals surface area contributed by atoms with Gasteiger partial charge in [-0.05, 0) is 48.4 Å². The van der Waals surface area contributed by atoms with E-state index in [1.54, 1.807) is 30.3 Å². The predicted octanol–water partition coefficient (Wildman–Crippen LogP) is 4.09. The second-order valence-corrected chi connectivity index (χ2v) is 7.83. The maximum absolute atomic E-state index is 11.0. The topological polar surface area (TPSA) is 72.2 Å². The van der Waals surface area contributed by atoms with Crippen molar-refractivity contribution in [2.45, 2.75) is 19.2 Å². The van der Waals surface area contributed by atoms with Crippen LogP contribution in [0.4, 0.5) is 0 Å². The first kappa shape index (κ1) is 17.2. The number of rotatable bonds is 4. The number of imidazole rings is 1. The van der Waals surface area contributed by atoms with Crippen LogP contribution in [0.1, 0.15) is 17.0 Å². The van der Waals surface area contributed by atoms with Gasteiger partial charge in [0.2, 0.25) is 0 Å². The molecule has 24 heavy (non-hydrogen) atoms. The molecule has 0 radical (unpaired) electrons. The molecule has 0 spiro atoms. The first-order valence-corrected chi connectivity index (χ1v) is 9.44. The van der Waals surface area contributed by atoms with E-state index < -0.39 is 15.9 Å². The van der Waals surface area contributed by atoms with Crippen LogP contribution in [-0.4, -0.2) is 22.5 Å². The van der Waals surface area contributed by atoms with Gasteiger partial charge < -0.3 is 4.57 Å². The second kappa shape index (κ2) is 6.37. The molecule has 0 saturated carbocycles. The smallest absolute Gasteiger partial charge is 0.269 e. The number of aryl methyl sites for hydroxylation is 1. The Labute approximate surface area is 149 Å². The maximum atomic E-state index is 11.0. The zero-order valence-corrected chi connectivity index (χ0v) is 15.0. The molecular weight excluding hydrogens is 371 g/mol. The largest absolute Gasteiger partial charge is 0.324 e. The van der Waals surface area contributed by atoms with Crippen LogP contribution in [0.2, 0.25) is 10.0 Å². The molecule has 0 aliphatic carbocycles. The van der Waals surface area contributed by atoms with Crippen LogP contribution in [-0.2, 0) is 22.4 Å². The molecule has 1 N–H and O–H groups in total. The van der Waals surface area contributed by atoms with Gasteiger partial charge in [-0.2, -0.15) is 8.42 Å². The summed E-state index contributed by atoms with van der Waals surface area (Å²) in [7, 11) is -4.07. The lowest BCUT2D eigenvalue weighted by molar-refractivity contribution is 0.482. The van der Waals surface area contributed by atoms with Crippen molar-refractivity contribution in [3.8, 4) is 0 Å². The minimum absolute atomic E-state index is 0.436. The molecule has 8 heteroatoms. The van der Waals surface area contributed by atoms with E-state index in [-0.39, 0.29) is 0 Å². The van der Waals surface area contributed by atoms with E-state index in [0.29, 0.717) is 27.7 Å². The molecule has 1 aromatic heterocycles. The van der Waals surface area contributed by atoms with Crippen molar-refractivity contribution in [2.24, 2.45) is 0 Å². The Hall–Kier alpha value is -1.60. The molecule has 0 atom stereocenters. The van der Waals surface area contributed by atoms with E-state index in [1.165, 1.54) is 0 Å². The van der Waals surface area contributed by atoms with Gasteiger partial charge in [0.1, 0.15) is 11.6 Å². The summed E-state index contributed by atoms with van der Waals surface area (Å²) in [6.45, 7) is 2.36. The van der Waals surface area contributed by atoms with Crippen LogP contribution in [0.5, 0.6) is 0 Å². The number of halogens is 2. The Morgan fingerprint density at radius 3 is 2.62 bits per heavy atom. The third-order valence-corrected chi connectivity index (χ3v) is 4.99. The van der Waals surface area contributed by atoms with Crippen LogP contribution >= 0.6 is 23.2 Å². The predicted molar refractivity (Wildman–Crippen MR) is 95.3 cm³/mol. The molecule has 3 rings (SSSR count). The van der Waals surface area contributed by atoms with Gasteiger partial charge in [0.15, 0.2) is 0 Å². The Morgan fingerprint density at radius 2 is 1.92 bits per heavy atom. The van der Waals surface area contributed by atoms with Gasteiger partial charge in [0, 0.05) is 10.0 Å². The summed E-state index contributed by atoms with van der Waals surface area (Å²) in [5, 5.41) is 1.22. The summed E-state index contributed by atoms with van der Waals surface area (Å²) in [5.41, 5.74) is 2.86. The number of hydrogen-bond acceptors (Lipinski definition) is 3. The molecule has 3 aromatic rings. The quantitative estimate of drug-likeness (QED) is 0.687. The Bertz CT molecular complexity index is 1030. The van der Waals surface area contributed by atoms with Crippen molar-refractivity contribution in [1.82, 2.24) is 9.55 Å². The number of aromatic nitrogens is 2. The van der Waals surface area contributed by atoms with Crippen LogP contribution in [0.3, 0.4) is 0 Å². The fraction of sp³-hybridized carbons (Fsp3) is 0.188. The Kier molecular flexibility index (Phi) is 4.57. The summed E-state index contributed by atoms with van der Waals surface area (Å²) >= 11 is 12.3. The van der Waals surface area contributed by atoms with Crippen molar-refractivity contribution in [3.63, 3.8) is 0 Å². The molecule has 0 amide bonds. The number of hydrogen-bond donors (Lipinski definition) is 1. The molecule has 0 saturated heterocycles. The third kappa shape index (κ3) is 3.72. The second-order valence-electron chi connectivity index (χ2n) is 5.53. The zero-order valence-electron chi connectivity index (χ0n) is 12.7. The summed E-state index contributed by atoms with van der Waals surface area (Å²) in [4.78, 5) is 4.46. The van der Waals surface area contributed by atoms with Crippen LogP contribution in [0, 0.1) is 6.92 Å². The molecular formula is C16H14Cl2N2O3S. The normalized spacial score (nSPS) is 12.0. The van der Waals surface area contributed by atoms with Crippen molar-refractivity contribution >= 4 is 44.4 Å². The molecule has 126 valence electrons. The first-order chi connectivity index (χ1) is 11.2. The van der Waals surface area contributed by atoms with Crippen molar-refractivity contribution < 1.29 is 13.0 Å². The molecule has 0 fully saturated rings. The molecule has 1 heterocycles. The highest BCUT2D eigenvalue weighted by molar-refractivity contribution is 7.85. The monoisotopic (exact) mass is 384 g/mol. The molecule has 0 bridgehead atoms. The summed E-state index contributed by atoms with van der Waals surface area (Å²) in [6, 6.07) is 10.4. The van der Waals surface area contributed by atoms with Crippen LogP contribution in [0.15, 0.2) is 36.4 Å². The SMILES string of the molecule is Cc1nc2cc(CS(=O)(=O)O)ccc2n1Cc1cc(Cl)ccc1Cl. The minimum atomic E-state index is -4.07. The van der Waals surface area contributed by atoms with Gasteiger partial charge in [-0.25, -0.2) is 4.98 Å². The van der Waals surface area contributed by atoms with E-state index in [0.717, 1.165) is 16.9 Å². The van der Waals surface area contributed by atoms with Crippen molar-refractivity contribution in [1.29, 1.82) is 0 Å². The minimum Gasteiger partial charge on any atom is -0.324 e. The summed E-state index contributed by atoms with van der Waals surface area (Å²) < 4.78 is 33.0. The first-order valence-electron chi connectivity index (χ1n) is 7.08. The van der Waals surface area contributed by atoms with E-state index in [9.17, 15) is 8.42 Å². The van der Waals surface area contributed by atoms with Crippen LogP contribution in [0.25, 0.3) is 11.0 Å². The third-order valence-electron chi connectivity index (χ3n) is 3.69. The Balaban J connectivity index is 2.03. The lowest BCUT2D eigenvalue weighted by Crippen LogP contribution is -2.03. The maximum Gasteiger partial charge on any atom is 0.269 e. The van der Waals surface area contributed by atoms with Gasteiger partial charge in [-0.1, -0.05) is 29.3 Å². The fourth-order valence-corrected chi connectivity index (χ4v) is 3.60. The van der Waals surface area contributed by atoms with E-state index in [4.69, 9.17) is 27.8 Å². The highest BCUT2D eigenvalue weighted by Crippen LogP contribution is 2.25. The van der Waals surface area contributed by atoms with E-state index in [2.05, 4.69) is 4.98 Å². The molecule has 2 aromatic carbocycles. The van der Waals surface area contributed by atoms with E-state index >= 15 is 0 Å². The van der Waals surface area contributed by atoms with Crippen molar-refractivity contribution in [3.05, 3.63) is 63.4 Å². The summed E-state index contributed by atoms with van der Waals surface area (Å²) in [5.74, 6) is 0.333. The number of fused-ring (bicyclic) bond motifs is 1. The standard InChI is InChI=1S/C16H14Cl2N2O3S/c1-10-19-15-6-11(9-24(21,22)23)2-5-16(15)20(10)8-12-7-13(17)3-4-14(12)18/h2-7H,8-9H2,1H3,(H,21,22,23). The number of nitrogens with zero attached hydrogens (tertiary/aromatic N) is 2. The zero-order chi connectivity index (χ0) is 17.5. The van der Waals surface area contributed by atoms with Gasteiger partial charge in [0.25, 0.3) is 10.1 Å².